The zero-order chi connectivity index (χ0) is 30.9. The predicted octanol–water partition coefficient (Wildman–Crippen LogP) is 13.9. The number of unbranched alkanes of at least 4 members (excludes halogenated alkanes) is 12. The van der Waals surface area contributed by atoms with Crippen molar-refractivity contribution in [3.8, 4) is 11.5 Å². The van der Waals surface area contributed by atoms with Gasteiger partial charge >= 0.3 is 0 Å². The van der Waals surface area contributed by atoms with Crippen LogP contribution in [-0.2, 0) is 0 Å². The van der Waals surface area contributed by atoms with Gasteiger partial charge in [0.15, 0.2) is 0 Å². The molecule has 2 fully saturated rings. The van der Waals surface area contributed by atoms with Crippen molar-refractivity contribution < 1.29 is 9.47 Å². The zero-order valence-electron chi connectivity index (χ0n) is 29.6. The first kappa shape index (κ1) is 37.3. The maximum atomic E-state index is 6.16. The Hall–Kier alpha value is -1.18. The van der Waals surface area contributed by atoms with Gasteiger partial charge in [0.2, 0.25) is 0 Å². The quantitative estimate of drug-likeness (QED) is 0.0971. The summed E-state index contributed by atoms with van der Waals surface area (Å²) in [6, 6.07) is 8.44. The van der Waals surface area contributed by atoms with E-state index in [1.807, 2.05) is 0 Å². The van der Waals surface area contributed by atoms with Crippen molar-refractivity contribution in [1.29, 1.82) is 0 Å². The van der Waals surface area contributed by atoms with Crippen molar-refractivity contribution in [2.24, 2.45) is 23.7 Å². The molecule has 0 heterocycles. The van der Waals surface area contributed by atoms with E-state index in [0.29, 0.717) is 0 Å². The van der Waals surface area contributed by atoms with E-state index in [-0.39, 0.29) is 0 Å². The molecule has 0 saturated heterocycles. The second-order valence-electron chi connectivity index (χ2n) is 14.9. The number of ether oxygens (including phenoxy) is 2. The molecule has 0 aliphatic heterocycles. The second kappa shape index (κ2) is 25.0. The Morgan fingerprint density at radius 2 is 0.705 bits per heavy atom. The molecule has 2 heteroatoms. The van der Waals surface area contributed by atoms with Crippen LogP contribution in [0.25, 0.3) is 0 Å². The molecule has 3 rings (SSSR count). The Labute approximate surface area is 275 Å². The van der Waals surface area contributed by atoms with E-state index in [0.717, 1.165) is 48.4 Å². The zero-order valence-corrected chi connectivity index (χ0v) is 29.6. The van der Waals surface area contributed by atoms with Crippen molar-refractivity contribution in [3.05, 3.63) is 24.3 Å². The van der Waals surface area contributed by atoms with Crippen molar-refractivity contribution in [1.82, 2.24) is 0 Å². The van der Waals surface area contributed by atoms with Crippen LogP contribution in [0.1, 0.15) is 194 Å². The Bertz CT molecular complexity index is 707. The largest absolute Gasteiger partial charge is 0.494 e. The third kappa shape index (κ3) is 16.4. The van der Waals surface area contributed by atoms with Gasteiger partial charge in [0, 0.05) is 0 Å². The summed E-state index contributed by atoms with van der Waals surface area (Å²) in [6.45, 7) is 6.32. The summed E-state index contributed by atoms with van der Waals surface area (Å²) in [6.07, 6.45) is 39.8. The summed E-state index contributed by atoms with van der Waals surface area (Å²) in [4.78, 5) is 0. The summed E-state index contributed by atoms with van der Waals surface area (Å²) in [5, 5.41) is 0. The standard InChI is InChI=1S/C42H74O2/c1-3-5-7-9-11-13-15-23-37-25-17-19-27-39(37)29-21-35-43-41-31-33-42(34-32-41)44-36-22-30-40-28-20-18-26-38(40)24-16-14-12-10-8-6-4-2/h31-34,37-40H,3-30,35-36H2,1-2H3. The molecule has 4 unspecified atom stereocenters. The molecule has 2 nitrogen and oxygen atoms in total. The number of rotatable bonds is 26. The maximum Gasteiger partial charge on any atom is 0.119 e. The predicted molar refractivity (Wildman–Crippen MR) is 192 cm³/mol. The molecular formula is C42H74O2. The molecule has 0 bridgehead atoms. The lowest BCUT2D eigenvalue weighted by atomic mass is 9.74. The molecule has 0 N–H and O–H groups in total. The summed E-state index contributed by atoms with van der Waals surface area (Å²) >= 11 is 0. The van der Waals surface area contributed by atoms with Crippen molar-refractivity contribution in [2.75, 3.05) is 13.2 Å². The highest BCUT2D eigenvalue weighted by atomic mass is 16.5. The van der Waals surface area contributed by atoms with Gasteiger partial charge in [-0.15, -0.1) is 0 Å². The summed E-state index contributed by atoms with van der Waals surface area (Å²) in [7, 11) is 0. The van der Waals surface area contributed by atoms with Crippen LogP contribution in [0.2, 0.25) is 0 Å². The molecule has 44 heavy (non-hydrogen) atoms. The lowest BCUT2D eigenvalue weighted by molar-refractivity contribution is 0.189. The van der Waals surface area contributed by atoms with Crippen molar-refractivity contribution in [3.63, 3.8) is 0 Å². The highest BCUT2D eigenvalue weighted by Crippen LogP contribution is 2.38. The summed E-state index contributed by atoms with van der Waals surface area (Å²) in [5.41, 5.74) is 0. The fourth-order valence-corrected chi connectivity index (χ4v) is 8.52. The third-order valence-corrected chi connectivity index (χ3v) is 11.3. The molecule has 254 valence electrons. The minimum Gasteiger partial charge on any atom is -0.494 e. The van der Waals surface area contributed by atoms with Gasteiger partial charge in [0.25, 0.3) is 0 Å². The molecule has 2 aliphatic carbocycles. The van der Waals surface area contributed by atoms with Gasteiger partial charge in [-0.3, -0.25) is 0 Å². The molecule has 0 spiro atoms. The first-order valence-corrected chi connectivity index (χ1v) is 20.2. The first-order valence-electron chi connectivity index (χ1n) is 20.2. The van der Waals surface area contributed by atoms with Gasteiger partial charge in [0.1, 0.15) is 11.5 Å². The van der Waals surface area contributed by atoms with Crippen LogP contribution in [0.15, 0.2) is 24.3 Å². The minimum atomic E-state index is 0.849. The van der Waals surface area contributed by atoms with Crippen LogP contribution < -0.4 is 9.47 Å². The lowest BCUT2D eigenvalue weighted by Gasteiger charge is -2.32. The highest BCUT2D eigenvalue weighted by Gasteiger charge is 2.25. The van der Waals surface area contributed by atoms with E-state index in [9.17, 15) is 0 Å². The first-order chi connectivity index (χ1) is 21.8. The number of hydrogen-bond acceptors (Lipinski definition) is 2. The molecule has 0 aromatic heterocycles. The topological polar surface area (TPSA) is 18.5 Å². The molecule has 4 atom stereocenters. The molecule has 1 aromatic carbocycles. The molecule has 2 saturated carbocycles. The minimum absolute atomic E-state index is 0.849. The van der Waals surface area contributed by atoms with Crippen LogP contribution in [0.5, 0.6) is 11.5 Å². The maximum absolute atomic E-state index is 6.16. The molecule has 1 aromatic rings. The average Bonchev–Trinajstić information content (AvgIpc) is 3.06. The number of hydrogen-bond donors (Lipinski definition) is 0. The smallest absolute Gasteiger partial charge is 0.119 e. The van der Waals surface area contributed by atoms with Crippen LogP contribution in [0.3, 0.4) is 0 Å². The van der Waals surface area contributed by atoms with Crippen LogP contribution in [0.4, 0.5) is 0 Å². The lowest BCUT2D eigenvalue weighted by Crippen LogP contribution is -2.20. The van der Waals surface area contributed by atoms with Gasteiger partial charge in [-0.25, -0.2) is 0 Å². The monoisotopic (exact) mass is 611 g/mol. The van der Waals surface area contributed by atoms with Crippen LogP contribution in [-0.4, -0.2) is 13.2 Å². The number of benzene rings is 1. The van der Waals surface area contributed by atoms with Gasteiger partial charge in [-0.05, 0) is 73.6 Å². The molecule has 0 radical (unpaired) electrons. The van der Waals surface area contributed by atoms with E-state index in [1.54, 1.807) is 0 Å². The van der Waals surface area contributed by atoms with E-state index in [1.165, 1.54) is 180 Å². The molecular weight excluding hydrogens is 536 g/mol. The second-order valence-corrected chi connectivity index (χ2v) is 14.9. The van der Waals surface area contributed by atoms with E-state index in [2.05, 4.69) is 38.1 Å². The SMILES string of the molecule is CCCCCCCCCC1CCCCC1CCCOc1ccc(OCCCC2CCCCC2CCCCCCCCC)cc1. The van der Waals surface area contributed by atoms with Crippen LogP contribution in [0, 0.1) is 23.7 Å². The summed E-state index contributed by atoms with van der Waals surface area (Å²) < 4.78 is 12.3. The Kier molecular flexibility index (Phi) is 21.2. The van der Waals surface area contributed by atoms with E-state index >= 15 is 0 Å². The fourth-order valence-electron chi connectivity index (χ4n) is 8.52. The Morgan fingerprint density at radius 1 is 0.409 bits per heavy atom. The third-order valence-electron chi connectivity index (χ3n) is 11.3. The normalized spacial score (nSPS) is 22.2. The molecule has 2 aliphatic rings. The van der Waals surface area contributed by atoms with E-state index < -0.39 is 0 Å². The highest BCUT2D eigenvalue weighted by molar-refractivity contribution is 5.31. The van der Waals surface area contributed by atoms with Crippen molar-refractivity contribution in [2.45, 2.75) is 194 Å². The van der Waals surface area contributed by atoms with Gasteiger partial charge in [0.05, 0.1) is 13.2 Å². The van der Waals surface area contributed by atoms with Gasteiger partial charge in [-0.1, -0.05) is 168 Å². The Balaban J connectivity index is 1.23. The molecule has 0 amide bonds. The fraction of sp³-hybridized carbons (Fsp3) is 0.857. The average molecular weight is 611 g/mol. The van der Waals surface area contributed by atoms with Crippen LogP contribution >= 0.6 is 0 Å². The Morgan fingerprint density at radius 3 is 1.05 bits per heavy atom. The van der Waals surface area contributed by atoms with E-state index in [4.69, 9.17) is 9.47 Å². The van der Waals surface area contributed by atoms with Crippen molar-refractivity contribution >= 4 is 0 Å². The van der Waals surface area contributed by atoms with Gasteiger partial charge < -0.3 is 9.47 Å². The van der Waals surface area contributed by atoms with Gasteiger partial charge in [-0.2, -0.15) is 0 Å². The summed E-state index contributed by atoms with van der Waals surface area (Å²) in [5.74, 6) is 5.82.